The fourth-order valence-corrected chi connectivity index (χ4v) is 2.86. The summed E-state index contributed by atoms with van der Waals surface area (Å²) < 4.78 is 5.27. The van der Waals surface area contributed by atoms with Crippen LogP contribution in [0.4, 0.5) is 0 Å². The van der Waals surface area contributed by atoms with E-state index in [4.69, 9.17) is 22.1 Å². The van der Waals surface area contributed by atoms with E-state index in [1.165, 1.54) is 5.56 Å². The molecular formula is C17H29ClN2O. The monoisotopic (exact) mass is 312 g/mol. The molecule has 1 aromatic carbocycles. The molecule has 21 heavy (non-hydrogen) atoms. The molecule has 1 aromatic rings. The van der Waals surface area contributed by atoms with Crippen LogP contribution in [0.5, 0.6) is 0 Å². The van der Waals surface area contributed by atoms with Gasteiger partial charge in [-0.3, -0.25) is 4.90 Å². The first-order valence-electron chi connectivity index (χ1n) is 7.73. The van der Waals surface area contributed by atoms with Crippen LogP contribution in [0.1, 0.15) is 38.8 Å². The quantitative estimate of drug-likeness (QED) is 0.755. The van der Waals surface area contributed by atoms with Crippen molar-refractivity contribution in [3.63, 3.8) is 0 Å². The van der Waals surface area contributed by atoms with Crippen molar-refractivity contribution in [1.82, 2.24) is 4.90 Å². The first kappa shape index (κ1) is 18.4. The lowest BCUT2D eigenvalue weighted by Gasteiger charge is -2.36. The van der Waals surface area contributed by atoms with Crippen molar-refractivity contribution in [2.75, 3.05) is 26.8 Å². The largest absolute Gasteiger partial charge is 0.383 e. The summed E-state index contributed by atoms with van der Waals surface area (Å²) in [6, 6.07) is 8.30. The Kier molecular flexibility index (Phi) is 8.27. The average Bonchev–Trinajstić information content (AvgIpc) is 2.44. The molecule has 0 saturated carbocycles. The molecule has 4 heteroatoms. The summed E-state index contributed by atoms with van der Waals surface area (Å²) in [6.07, 6.45) is 0.929. The third-order valence-corrected chi connectivity index (χ3v) is 3.88. The zero-order valence-electron chi connectivity index (χ0n) is 13.7. The van der Waals surface area contributed by atoms with E-state index in [0.717, 1.165) is 24.5 Å². The van der Waals surface area contributed by atoms with Gasteiger partial charge in [0.1, 0.15) is 0 Å². The fraction of sp³-hybridized carbons (Fsp3) is 0.647. The Bertz CT molecular complexity index is 412. The number of ether oxygens (including phenoxy) is 1. The summed E-state index contributed by atoms with van der Waals surface area (Å²) in [5, 5.41) is 0.761. The molecule has 0 fully saturated rings. The highest BCUT2D eigenvalue weighted by Gasteiger charge is 2.26. The minimum Gasteiger partial charge on any atom is -0.383 e. The number of methoxy groups -OCH3 is 1. The van der Waals surface area contributed by atoms with E-state index in [1.54, 1.807) is 7.11 Å². The van der Waals surface area contributed by atoms with Crippen LogP contribution in [-0.4, -0.2) is 37.7 Å². The number of nitrogens with zero attached hydrogens (tertiary/aromatic N) is 1. The molecule has 0 saturated heterocycles. The highest BCUT2D eigenvalue weighted by Crippen LogP contribution is 2.27. The Balaban J connectivity index is 3.06. The van der Waals surface area contributed by atoms with Gasteiger partial charge in [-0.25, -0.2) is 0 Å². The van der Waals surface area contributed by atoms with E-state index in [-0.39, 0.29) is 12.1 Å². The van der Waals surface area contributed by atoms with E-state index in [1.807, 2.05) is 18.2 Å². The third-order valence-electron chi connectivity index (χ3n) is 3.64. The second kappa shape index (κ2) is 9.42. The molecule has 2 atom stereocenters. The van der Waals surface area contributed by atoms with Crippen LogP contribution in [-0.2, 0) is 4.74 Å². The van der Waals surface area contributed by atoms with E-state index in [0.29, 0.717) is 12.5 Å². The lowest BCUT2D eigenvalue weighted by molar-refractivity contribution is 0.0975. The maximum Gasteiger partial charge on any atom is 0.0589 e. The van der Waals surface area contributed by atoms with Crippen molar-refractivity contribution in [2.45, 2.75) is 39.3 Å². The standard InChI is InChI=1S/C17H29ClN2O/c1-5-16(19)17(14-7-6-8-15(18)11-14)20(9-10-21-4)12-13(2)3/h6-8,11,13,16-17H,5,9-10,12,19H2,1-4H3. The van der Waals surface area contributed by atoms with Crippen LogP contribution in [0.15, 0.2) is 24.3 Å². The molecule has 0 aliphatic rings. The highest BCUT2D eigenvalue weighted by molar-refractivity contribution is 6.30. The van der Waals surface area contributed by atoms with Gasteiger partial charge in [0.15, 0.2) is 0 Å². The zero-order valence-corrected chi connectivity index (χ0v) is 14.4. The highest BCUT2D eigenvalue weighted by atomic mass is 35.5. The summed E-state index contributed by atoms with van der Waals surface area (Å²) in [7, 11) is 1.74. The van der Waals surface area contributed by atoms with Gasteiger partial charge in [-0.15, -0.1) is 0 Å². The third kappa shape index (κ3) is 5.95. The first-order valence-corrected chi connectivity index (χ1v) is 8.11. The molecule has 0 spiro atoms. The number of nitrogens with two attached hydrogens (primary N) is 1. The van der Waals surface area contributed by atoms with Crippen LogP contribution < -0.4 is 5.73 Å². The maximum absolute atomic E-state index is 6.42. The number of hydrogen-bond acceptors (Lipinski definition) is 3. The molecule has 2 N–H and O–H groups in total. The number of hydrogen-bond donors (Lipinski definition) is 1. The fourth-order valence-electron chi connectivity index (χ4n) is 2.66. The normalized spacial score (nSPS) is 14.7. The predicted molar refractivity (Wildman–Crippen MR) is 90.7 cm³/mol. The Hall–Kier alpha value is -0.610. The van der Waals surface area contributed by atoms with Gasteiger partial charge in [-0.2, -0.15) is 0 Å². The first-order chi connectivity index (χ1) is 9.99. The van der Waals surface area contributed by atoms with Crippen molar-refractivity contribution in [2.24, 2.45) is 11.7 Å². The predicted octanol–water partition coefficient (Wildman–Crippen LogP) is 3.72. The molecule has 1 rings (SSSR count). The molecule has 0 radical (unpaired) electrons. The van der Waals surface area contributed by atoms with E-state index < -0.39 is 0 Å². The smallest absolute Gasteiger partial charge is 0.0589 e. The molecule has 0 aliphatic heterocycles. The molecular weight excluding hydrogens is 284 g/mol. The van der Waals surface area contributed by atoms with Gasteiger partial charge in [-0.05, 0) is 30.0 Å². The molecule has 120 valence electrons. The molecule has 0 amide bonds. The Morgan fingerprint density at radius 1 is 1.33 bits per heavy atom. The van der Waals surface area contributed by atoms with E-state index in [9.17, 15) is 0 Å². The van der Waals surface area contributed by atoms with Crippen LogP contribution in [0.3, 0.4) is 0 Å². The van der Waals surface area contributed by atoms with Crippen molar-refractivity contribution >= 4 is 11.6 Å². The van der Waals surface area contributed by atoms with Crippen molar-refractivity contribution in [3.8, 4) is 0 Å². The van der Waals surface area contributed by atoms with Crippen LogP contribution in [0.2, 0.25) is 5.02 Å². The Morgan fingerprint density at radius 3 is 2.57 bits per heavy atom. The number of halogens is 1. The molecule has 0 aromatic heterocycles. The van der Waals surface area contributed by atoms with Crippen LogP contribution in [0.25, 0.3) is 0 Å². The molecule has 2 unspecified atom stereocenters. The van der Waals surface area contributed by atoms with Crippen LogP contribution in [0, 0.1) is 5.92 Å². The summed E-state index contributed by atoms with van der Waals surface area (Å²) in [5.74, 6) is 0.576. The lowest BCUT2D eigenvalue weighted by atomic mass is 9.95. The zero-order chi connectivity index (χ0) is 15.8. The number of benzene rings is 1. The van der Waals surface area contributed by atoms with Crippen molar-refractivity contribution < 1.29 is 4.74 Å². The summed E-state index contributed by atoms with van der Waals surface area (Å²) in [4.78, 5) is 2.42. The minimum absolute atomic E-state index is 0.0825. The van der Waals surface area contributed by atoms with E-state index >= 15 is 0 Å². The molecule has 3 nitrogen and oxygen atoms in total. The maximum atomic E-state index is 6.42. The summed E-state index contributed by atoms with van der Waals surface area (Å²) >= 11 is 6.17. The molecule has 0 aliphatic carbocycles. The van der Waals surface area contributed by atoms with Gasteiger partial charge in [-0.1, -0.05) is 44.5 Å². The topological polar surface area (TPSA) is 38.5 Å². The van der Waals surface area contributed by atoms with Gasteiger partial charge in [0.2, 0.25) is 0 Å². The summed E-state index contributed by atoms with van der Waals surface area (Å²) in [5.41, 5.74) is 7.61. The van der Waals surface area contributed by atoms with Crippen molar-refractivity contribution in [3.05, 3.63) is 34.9 Å². The Labute approximate surface area is 134 Å². The second-order valence-corrected chi connectivity index (χ2v) is 6.39. The minimum atomic E-state index is 0.0825. The number of rotatable bonds is 9. The van der Waals surface area contributed by atoms with Gasteiger partial charge in [0, 0.05) is 31.3 Å². The van der Waals surface area contributed by atoms with Gasteiger partial charge in [0.25, 0.3) is 0 Å². The average molecular weight is 313 g/mol. The van der Waals surface area contributed by atoms with Gasteiger partial charge < -0.3 is 10.5 Å². The second-order valence-electron chi connectivity index (χ2n) is 5.95. The van der Waals surface area contributed by atoms with Crippen molar-refractivity contribution in [1.29, 1.82) is 0 Å². The Morgan fingerprint density at radius 2 is 2.05 bits per heavy atom. The summed E-state index contributed by atoms with van der Waals surface area (Å²) in [6.45, 7) is 9.17. The van der Waals surface area contributed by atoms with Gasteiger partial charge in [0.05, 0.1) is 12.6 Å². The van der Waals surface area contributed by atoms with Gasteiger partial charge >= 0.3 is 0 Å². The van der Waals surface area contributed by atoms with Crippen LogP contribution >= 0.6 is 11.6 Å². The molecule has 0 bridgehead atoms. The SMILES string of the molecule is CCC(N)C(c1cccc(Cl)c1)N(CCOC)CC(C)C. The molecule has 0 heterocycles. The van der Waals surface area contributed by atoms with E-state index in [2.05, 4.69) is 31.7 Å². The lowest BCUT2D eigenvalue weighted by Crippen LogP contribution is -2.43.